The average Bonchev–Trinajstić information content (AvgIpc) is 2.88. The lowest BCUT2D eigenvalue weighted by Crippen LogP contribution is -2.38. The lowest BCUT2D eigenvalue weighted by molar-refractivity contribution is -0.137. The largest absolute Gasteiger partial charge is 0.416 e. The maximum absolute atomic E-state index is 13.8. The summed E-state index contributed by atoms with van der Waals surface area (Å²) >= 11 is 0. The van der Waals surface area contributed by atoms with Crippen LogP contribution in [0.1, 0.15) is 59.2 Å². The van der Waals surface area contributed by atoms with E-state index in [1.54, 1.807) is 31.2 Å². The molecular weight excluding hydrogens is 479 g/mol. The fourth-order valence-corrected chi connectivity index (χ4v) is 4.53. The first-order valence-electron chi connectivity index (χ1n) is 12.1. The first-order valence-corrected chi connectivity index (χ1v) is 12.1. The molecular formula is C29H28F3N3O2. The maximum atomic E-state index is 13.8. The van der Waals surface area contributed by atoms with Crippen molar-refractivity contribution < 1.29 is 18.0 Å². The van der Waals surface area contributed by atoms with Gasteiger partial charge >= 0.3 is 6.18 Å². The number of hydrogen-bond donors (Lipinski definition) is 0. The van der Waals surface area contributed by atoms with Crippen molar-refractivity contribution >= 4 is 16.8 Å². The summed E-state index contributed by atoms with van der Waals surface area (Å²) in [5.74, 6) is -0.203. The van der Waals surface area contributed by atoms with Crippen LogP contribution >= 0.6 is 0 Å². The monoisotopic (exact) mass is 507 g/mol. The molecule has 0 fully saturated rings. The van der Waals surface area contributed by atoms with Gasteiger partial charge in [0.1, 0.15) is 5.82 Å². The van der Waals surface area contributed by atoms with E-state index in [1.807, 2.05) is 39.0 Å². The molecule has 8 heteroatoms. The molecule has 3 aromatic carbocycles. The average molecular weight is 508 g/mol. The van der Waals surface area contributed by atoms with Crippen LogP contribution in [0.15, 0.2) is 71.5 Å². The number of aryl methyl sites for hydroxylation is 2. The molecule has 4 aromatic rings. The fourth-order valence-electron chi connectivity index (χ4n) is 4.53. The van der Waals surface area contributed by atoms with E-state index in [2.05, 4.69) is 0 Å². The predicted molar refractivity (Wildman–Crippen MR) is 138 cm³/mol. The zero-order chi connectivity index (χ0) is 26.9. The zero-order valence-corrected chi connectivity index (χ0v) is 21.1. The molecule has 0 saturated carbocycles. The van der Waals surface area contributed by atoms with Crippen LogP contribution < -0.4 is 5.56 Å². The first kappa shape index (κ1) is 26.1. The highest BCUT2D eigenvalue weighted by Crippen LogP contribution is 2.31. The smallest absolute Gasteiger partial charge is 0.329 e. The van der Waals surface area contributed by atoms with Crippen LogP contribution in [0.5, 0.6) is 0 Å². The molecule has 0 bridgehead atoms. The standard InChI is InChI=1S/C29H28F3N3O2/c1-5-25(34(6-2)27(36)20-10-9-11-21(17-20)29(30,31)32)26-33-24-13-8-7-12-23(24)28(37)35(26)22-15-14-18(3)19(4)16-22/h7-17,25H,5-6H2,1-4H3. The van der Waals surface area contributed by atoms with Crippen molar-refractivity contribution in [3.8, 4) is 5.69 Å². The molecule has 0 aliphatic carbocycles. The first-order chi connectivity index (χ1) is 17.6. The van der Waals surface area contributed by atoms with Gasteiger partial charge in [-0.2, -0.15) is 13.2 Å². The molecule has 0 N–H and O–H groups in total. The Morgan fingerprint density at radius 2 is 1.70 bits per heavy atom. The molecule has 1 atom stereocenters. The van der Waals surface area contributed by atoms with E-state index in [9.17, 15) is 22.8 Å². The lowest BCUT2D eigenvalue weighted by atomic mass is 10.1. The van der Waals surface area contributed by atoms with E-state index in [0.717, 1.165) is 23.3 Å². The van der Waals surface area contributed by atoms with Gasteiger partial charge < -0.3 is 4.90 Å². The summed E-state index contributed by atoms with van der Waals surface area (Å²) in [4.78, 5) is 33.6. The van der Waals surface area contributed by atoms with Gasteiger partial charge in [0.15, 0.2) is 0 Å². The van der Waals surface area contributed by atoms with Gasteiger partial charge in [-0.3, -0.25) is 14.2 Å². The van der Waals surface area contributed by atoms with Crippen molar-refractivity contribution in [2.24, 2.45) is 0 Å². The minimum atomic E-state index is -4.57. The fraction of sp³-hybridized carbons (Fsp3) is 0.276. The number of carbonyl (C=O) groups excluding carboxylic acids is 1. The summed E-state index contributed by atoms with van der Waals surface area (Å²) < 4.78 is 41.5. The number of nitrogens with zero attached hydrogens (tertiary/aromatic N) is 3. The lowest BCUT2D eigenvalue weighted by Gasteiger charge is -2.31. The highest BCUT2D eigenvalue weighted by molar-refractivity contribution is 5.94. The Balaban J connectivity index is 1.92. The molecule has 5 nitrogen and oxygen atoms in total. The predicted octanol–water partition coefficient (Wildman–Crippen LogP) is 6.63. The van der Waals surface area contributed by atoms with Crippen LogP contribution in [-0.4, -0.2) is 26.9 Å². The minimum absolute atomic E-state index is 0.0732. The van der Waals surface area contributed by atoms with Crippen molar-refractivity contribution in [2.75, 3.05) is 6.54 Å². The topological polar surface area (TPSA) is 55.2 Å². The molecule has 1 heterocycles. The van der Waals surface area contributed by atoms with Gasteiger partial charge in [0.2, 0.25) is 0 Å². The number of amides is 1. The van der Waals surface area contributed by atoms with Gasteiger partial charge in [0.05, 0.1) is 28.2 Å². The van der Waals surface area contributed by atoms with Gasteiger partial charge in [-0.1, -0.05) is 31.2 Å². The number of benzene rings is 3. The van der Waals surface area contributed by atoms with Crippen LogP contribution in [0.25, 0.3) is 16.6 Å². The molecule has 37 heavy (non-hydrogen) atoms. The van der Waals surface area contributed by atoms with Crippen molar-refractivity contribution in [3.63, 3.8) is 0 Å². The Morgan fingerprint density at radius 1 is 0.973 bits per heavy atom. The van der Waals surface area contributed by atoms with Crippen molar-refractivity contribution in [1.29, 1.82) is 0 Å². The second-order valence-corrected chi connectivity index (χ2v) is 8.99. The third kappa shape index (κ3) is 5.01. The van der Waals surface area contributed by atoms with Gasteiger partial charge in [0.25, 0.3) is 11.5 Å². The van der Waals surface area contributed by atoms with E-state index in [1.165, 1.54) is 21.6 Å². The number of carbonyl (C=O) groups is 1. The van der Waals surface area contributed by atoms with E-state index in [0.29, 0.717) is 28.8 Å². The van der Waals surface area contributed by atoms with Crippen LogP contribution in [0.4, 0.5) is 13.2 Å². The van der Waals surface area contributed by atoms with Crippen molar-refractivity contribution in [1.82, 2.24) is 14.5 Å². The quantitative estimate of drug-likeness (QED) is 0.294. The van der Waals surface area contributed by atoms with Crippen LogP contribution in [-0.2, 0) is 6.18 Å². The second-order valence-electron chi connectivity index (χ2n) is 8.99. The highest BCUT2D eigenvalue weighted by Gasteiger charge is 2.33. The maximum Gasteiger partial charge on any atom is 0.416 e. The van der Waals surface area contributed by atoms with E-state index >= 15 is 0 Å². The summed E-state index contributed by atoms with van der Waals surface area (Å²) in [6, 6.07) is 16.4. The third-order valence-electron chi connectivity index (χ3n) is 6.65. The van der Waals surface area contributed by atoms with Crippen LogP contribution in [0, 0.1) is 13.8 Å². The Hall–Kier alpha value is -3.94. The summed E-state index contributed by atoms with van der Waals surface area (Å²) in [7, 11) is 0. The Bertz CT molecular complexity index is 1530. The molecule has 4 rings (SSSR count). The highest BCUT2D eigenvalue weighted by atomic mass is 19.4. The molecule has 0 spiro atoms. The molecule has 0 saturated heterocycles. The minimum Gasteiger partial charge on any atom is -0.329 e. The number of fused-ring (bicyclic) bond motifs is 1. The Morgan fingerprint density at radius 3 is 2.35 bits per heavy atom. The third-order valence-corrected chi connectivity index (χ3v) is 6.65. The SMILES string of the molecule is CCC(c1nc2ccccc2c(=O)n1-c1ccc(C)c(C)c1)N(CC)C(=O)c1cccc(C(F)(F)F)c1. The molecule has 0 aliphatic rings. The molecule has 192 valence electrons. The number of hydrogen-bond acceptors (Lipinski definition) is 3. The van der Waals surface area contributed by atoms with Gasteiger partial charge in [-0.05, 0) is 80.8 Å². The van der Waals surface area contributed by atoms with Crippen molar-refractivity contribution in [2.45, 2.75) is 46.3 Å². The van der Waals surface area contributed by atoms with E-state index in [4.69, 9.17) is 4.98 Å². The Kier molecular flexibility index (Phi) is 7.21. The van der Waals surface area contributed by atoms with Gasteiger partial charge in [0, 0.05) is 12.1 Å². The number of aromatic nitrogens is 2. The van der Waals surface area contributed by atoms with Gasteiger partial charge in [-0.15, -0.1) is 0 Å². The normalized spacial score (nSPS) is 12.5. The Labute approximate surface area is 213 Å². The summed E-state index contributed by atoms with van der Waals surface area (Å²) in [6.45, 7) is 7.75. The summed E-state index contributed by atoms with van der Waals surface area (Å²) in [5.41, 5.74) is 1.92. The van der Waals surface area contributed by atoms with E-state index in [-0.39, 0.29) is 17.7 Å². The van der Waals surface area contributed by atoms with Crippen LogP contribution in [0.2, 0.25) is 0 Å². The van der Waals surface area contributed by atoms with Gasteiger partial charge in [-0.25, -0.2) is 4.98 Å². The van der Waals surface area contributed by atoms with E-state index < -0.39 is 23.7 Å². The van der Waals surface area contributed by atoms with Crippen molar-refractivity contribution in [3.05, 3.63) is 105 Å². The molecule has 1 unspecified atom stereocenters. The number of halogens is 3. The summed E-state index contributed by atoms with van der Waals surface area (Å²) in [6.07, 6.45) is -4.17. The molecule has 1 amide bonds. The van der Waals surface area contributed by atoms with Crippen LogP contribution in [0.3, 0.4) is 0 Å². The number of rotatable bonds is 6. The number of alkyl halides is 3. The molecule has 0 radical (unpaired) electrons. The summed E-state index contributed by atoms with van der Waals surface area (Å²) in [5, 5.41) is 0.437. The zero-order valence-electron chi connectivity index (χ0n) is 21.1. The molecule has 0 aliphatic heterocycles. The second kappa shape index (κ2) is 10.2. The molecule has 1 aromatic heterocycles. The number of para-hydroxylation sites is 1.